The molecular formula is C25H27FN2O2S. The van der Waals surface area contributed by atoms with Gasteiger partial charge in [-0.05, 0) is 48.1 Å². The summed E-state index contributed by atoms with van der Waals surface area (Å²) >= 11 is 1.54. The van der Waals surface area contributed by atoms with Crippen LogP contribution in [0.4, 0.5) is 4.39 Å². The molecule has 1 saturated heterocycles. The van der Waals surface area contributed by atoms with E-state index in [1.54, 1.807) is 23.9 Å². The van der Waals surface area contributed by atoms with Crippen molar-refractivity contribution in [2.75, 3.05) is 12.3 Å². The molecule has 3 aliphatic rings. The molecule has 2 aliphatic carbocycles. The zero-order valence-electron chi connectivity index (χ0n) is 17.8. The summed E-state index contributed by atoms with van der Waals surface area (Å²) in [5.41, 5.74) is 3.67. The van der Waals surface area contributed by atoms with E-state index in [2.05, 4.69) is 30.5 Å². The van der Waals surface area contributed by atoms with E-state index in [0.717, 1.165) is 28.8 Å². The van der Waals surface area contributed by atoms with E-state index in [0.29, 0.717) is 24.6 Å². The number of allylic oxidation sites excluding steroid dienone is 5. The highest BCUT2D eigenvalue weighted by molar-refractivity contribution is 8.00. The summed E-state index contributed by atoms with van der Waals surface area (Å²) in [6.45, 7) is 4.74. The second-order valence-electron chi connectivity index (χ2n) is 8.40. The molecule has 0 bridgehead atoms. The number of halogens is 1. The fourth-order valence-corrected chi connectivity index (χ4v) is 5.29. The summed E-state index contributed by atoms with van der Waals surface area (Å²) < 4.78 is 13.3. The maximum atomic E-state index is 13.3. The van der Waals surface area contributed by atoms with Crippen molar-refractivity contribution < 1.29 is 14.0 Å². The van der Waals surface area contributed by atoms with Gasteiger partial charge in [-0.15, -0.1) is 11.8 Å². The van der Waals surface area contributed by atoms with Crippen molar-refractivity contribution in [3.8, 4) is 0 Å². The lowest BCUT2D eigenvalue weighted by molar-refractivity contribution is -0.126. The van der Waals surface area contributed by atoms with Crippen LogP contribution in [-0.2, 0) is 9.59 Å². The van der Waals surface area contributed by atoms with E-state index in [4.69, 9.17) is 0 Å². The fraction of sp³-hybridized carbons (Fsp3) is 0.360. The van der Waals surface area contributed by atoms with Gasteiger partial charge in [0.1, 0.15) is 11.2 Å². The first-order valence-corrected chi connectivity index (χ1v) is 11.7. The first-order chi connectivity index (χ1) is 14.9. The Balaban J connectivity index is 1.46. The van der Waals surface area contributed by atoms with E-state index in [9.17, 15) is 14.0 Å². The molecule has 1 fully saturated rings. The van der Waals surface area contributed by atoms with Gasteiger partial charge >= 0.3 is 0 Å². The molecule has 3 atom stereocenters. The van der Waals surface area contributed by atoms with Crippen LogP contribution in [0.5, 0.6) is 0 Å². The largest absolute Gasteiger partial charge is 0.348 e. The van der Waals surface area contributed by atoms with Gasteiger partial charge in [-0.1, -0.05) is 50.3 Å². The lowest BCUT2D eigenvalue weighted by Crippen LogP contribution is -2.33. The van der Waals surface area contributed by atoms with Crippen molar-refractivity contribution in [2.45, 2.75) is 32.1 Å². The summed E-state index contributed by atoms with van der Waals surface area (Å²) in [6, 6.07) is 6.32. The second kappa shape index (κ2) is 9.27. The highest BCUT2D eigenvalue weighted by atomic mass is 32.2. The Morgan fingerprint density at radius 2 is 2.00 bits per heavy atom. The number of benzene rings is 1. The van der Waals surface area contributed by atoms with Gasteiger partial charge in [0.05, 0.1) is 5.75 Å². The number of hydrogen-bond donors (Lipinski definition) is 1. The van der Waals surface area contributed by atoms with Crippen LogP contribution in [0.3, 0.4) is 0 Å². The monoisotopic (exact) mass is 438 g/mol. The Morgan fingerprint density at radius 1 is 1.23 bits per heavy atom. The Bertz CT molecular complexity index is 993. The van der Waals surface area contributed by atoms with Crippen LogP contribution in [0.25, 0.3) is 0 Å². The summed E-state index contributed by atoms with van der Waals surface area (Å²) in [6.07, 6.45) is 11.7. The maximum Gasteiger partial charge on any atom is 0.247 e. The van der Waals surface area contributed by atoms with Gasteiger partial charge in [0.25, 0.3) is 0 Å². The van der Waals surface area contributed by atoms with Crippen molar-refractivity contribution >= 4 is 23.6 Å². The van der Waals surface area contributed by atoms with Gasteiger partial charge in [-0.3, -0.25) is 14.5 Å². The Morgan fingerprint density at radius 3 is 2.68 bits per heavy atom. The van der Waals surface area contributed by atoms with Gasteiger partial charge in [-0.25, -0.2) is 4.39 Å². The predicted octanol–water partition coefficient (Wildman–Crippen LogP) is 4.89. The van der Waals surface area contributed by atoms with Crippen LogP contribution >= 0.6 is 11.8 Å². The fourth-order valence-electron chi connectivity index (χ4n) is 4.11. The third-order valence-electron chi connectivity index (χ3n) is 5.92. The van der Waals surface area contributed by atoms with Crippen LogP contribution in [-0.4, -0.2) is 29.0 Å². The van der Waals surface area contributed by atoms with Gasteiger partial charge in [0, 0.05) is 23.7 Å². The molecule has 2 amide bonds. The molecule has 1 aliphatic heterocycles. The molecule has 6 heteroatoms. The quantitative estimate of drug-likeness (QED) is 0.712. The van der Waals surface area contributed by atoms with Crippen LogP contribution in [0, 0.1) is 17.7 Å². The SMILES string of the molecule is CC1C=CC(CNC(=O)C2=CC=C(N3C(=O)CSC3c3ccc(F)cc3)C(C)C2)=CC1. The Labute approximate surface area is 187 Å². The van der Waals surface area contributed by atoms with Crippen molar-refractivity contribution in [3.63, 3.8) is 0 Å². The number of nitrogens with one attached hydrogen (secondary N) is 1. The number of nitrogens with zero attached hydrogens (tertiary/aromatic N) is 1. The van der Waals surface area contributed by atoms with Crippen molar-refractivity contribution in [1.82, 2.24) is 10.2 Å². The van der Waals surface area contributed by atoms with Gasteiger partial charge < -0.3 is 5.32 Å². The van der Waals surface area contributed by atoms with Crippen LogP contribution in [0.15, 0.2) is 71.5 Å². The predicted molar refractivity (Wildman–Crippen MR) is 122 cm³/mol. The van der Waals surface area contributed by atoms with Crippen molar-refractivity contribution in [3.05, 3.63) is 82.9 Å². The van der Waals surface area contributed by atoms with E-state index in [1.165, 1.54) is 12.1 Å². The minimum absolute atomic E-state index is 0.0333. The van der Waals surface area contributed by atoms with E-state index in [-0.39, 0.29) is 28.9 Å². The molecule has 3 unspecified atom stereocenters. The highest BCUT2D eigenvalue weighted by Gasteiger charge is 2.37. The molecule has 1 aromatic rings. The number of carbonyl (C=O) groups is 2. The summed E-state index contributed by atoms with van der Waals surface area (Å²) in [4.78, 5) is 27.2. The van der Waals surface area contributed by atoms with Crippen molar-refractivity contribution in [1.29, 1.82) is 0 Å². The summed E-state index contributed by atoms with van der Waals surface area (Å²) in [7, 11) is 0. The third-order valence-corrected chi connectivity index (χ3v) is 7.14. The minimum Gasteiger partial charge on any atom is -0.348 e. The number of hydrogen-bond acceptors (Lipinski definition) is 3. The first kappa shape index (κ1) is 21.6. The molecule has 4 rings (SSSR count). The van der Waals surface area contributed by atoms with Gasteiger partial charge in [0.15, 0.2) is 0 Å². The number of amides is 2. The molecule has 4 nitrogen and oxygen atoms in total. The first-order valence-electron chi connectivity index (χ1n) is 10.7. The molecule has 1 heterocycles. The summed E-state index contributed by atoms with van der Waals surface area (Å²) in [5, 5.41) is 2.85. The topological polar surface area (TPSA) is 49.4 Å². The molecule has 1 aromatic carbocycles. The average Bonchev–Trinajstić information content (AvgIpc) is 3.14. The average molecular weight is 439 g/mol. The van der Waals surface area contributed by atoms with Crippen LogP contribution in [0.2, 0.25) is 0 Å². The Hall–Kier alpha value is -2.60. The Kier molecular flexibility index (Phi) is 6.46. The van der Waals surface area contributed by atoms with E-state index >= 15 is 0 Å². The van der Waals surface area contributed by atoms with Crippen LogP contribution in [0.1, 0.15) is 37.6 Å². The van der Waals surface area contributed by atoms with Gasteiger partial charge in [-0.2, -0.15) is 0 Å². The zero-order valence-corrected chi connectivity index (χ0v) is 18.6. The lowest BCUT2D eigenvalue weighted by Gasteiger charge is -2.32. The molecule has 0 aromatic heterocycles. The molecule has 0 radical (unpaired) electrons. The molecular weight excluding hydrogens is 411 g/mol. The zero-order chi connectivity index (χ0) is 22.0. The van der Waals surface area contributed by atoms with E-state index in [1.807, 2.05) is 24.0 Å². The maximum absolute atomic E-state index is 13.3. The number of rotatable bonds is 5. The normalized spacial score (nSPS) is 25.8. The number of carbonyl (C=O) groups excluding carboxylic acids is 2. The third kappa shape index (κ3) is 4.85. The van der Waals surface area contributed by atoms with Gasteiger partial charge in [0.2, 0.25) is 11.8 Å². The molecule has 162 valence electrons. The summed E-state index contributed by atoms with van der Waals surface area (Å²) in [5.74, 6) is 0.671. The standard InChI is InChI=1S/C25H27FN2O2S/c1-16-3-5-18(6-4-16)14-27-24(30)20-9-12-22(17(2)13-20)28-23(29)15-31-25(28)19-7-10-21(26)11-8-19/h3,5-12,16-17,25H,4,13-15H2,1-2H3,(H,27,30). The lowest BCUT2D eigenvalue weighted by atomic mass is 9.91. The second-order valence-corrected chi connectivity index (χ2v) is 9.47. The highest BCUT2D eigenvalue weighted by Crippen LogP contribution is 2.44. The van der Waals surface area contributed by atoms with Crippen molar-refractivity contribution in [2.24, 2.45) is 11.8 Å². The smallest absolute Gasteiger partial charge is 0.247 e. The number of thioether (sulfide) groups is 1. The molecule has 0 spiro atoms. The molecule has 1 N–H and O–H groups in total. The molecule has 31 heavy (non-hydrogen) atoms. The van der Waals surface area contributed by atoms with Crippen LogP contribution < -0.4 is 5.32 Å². The van der Waals surface area contributed by atoms with E-state index < -0.39 is 0 Å². The molecule has 0 saturated carbocycles. The minimum atomic E-state index is -0.289.